The Bertz CT molecular complexity index is 589. The molecule has 0 aliphatic rings. The predicted molar refractivity (Wildman–Crippen MR) is 82.1 cm³/mol. The lowest BCUT2D eigenvalue weighted by Gasteiger charge is -2.10. The number of hydrogen-bond donors (Lipinski definition) is 1. The molecule has 0 fully saturated rings. The van der Waals surface area contributed by atoms with Crippen molar-refractivity contribution < 1.29 is 4.92 Å². The average Bonchev–Trinajstić information content (AvgIpc) is 2.87. The van der Waals surface area contributed by atoms with Crippen LogP contribution in [0.25, 0.3) is 10.9 Å². The molecule has 0 amide bonds. The number of non-ortho nitro benzene ring substituents is 1. The van der Waals surface area contributed by atoms with Crippen LogP contribution in [0.3, 0.4) is 0 Å². The molecule has 2 aromatic rings. The van der Waals surface area contributed by atoms with E-state index in [0.29, 0.717) is 11.4 Å². The van der Waals surface area contributed by atoms with Gasteiger partial charge in [-0.25, -0.2) is 0 Å². The molecule has 1 N–H and O–H groups in total. The van der Waals surface area contributed by atoms with Crippen molar-refractivity contribution in [2.45, 2.75) is 51.9 Å². The number of benzene rings is 1. The monoisotopic (exact) mass is 274 g/mol. The van der Waals surface area contributed by atoms with E-state index in [0.717, 1.165) is 11.8 Å². The van der Waals surface area contributed by atoms with Crippen molar-refractivity contribution in [3.8, 4) is 0 Å². The molecule has 4 nitrogen and oxygen atoms in total. The van der Waals surface area contributed by atoms with Crippen molar-refractivity contribution >= 4 is 16.6 Å². The number of H-pyrrole nitrogens is 1. The Kier molecular flexibility index (Phi) is 4.77. The summed E-state index contributed by atoms with van der Waals surface area (Å²) in [5.74, 6) is 0.433. The Morgan fingerprint density at radius 2 is 2.10 bits per heavy atom. The first-order valence-corrected chi connectivity index (χ1v) is 7.39. The van der Waals surface area contributed by atoms with E-state index in [1.165, 1.54) is 31.2 Å². The lowest BCUT2D eigenvalue weighted by molar-refractivity contribution is -0.383. The number of nitrogens with zero attached hydrogens (tertiary/aromatic N) is 1. The van der Waals surface area contributed by atoms with Crippen molar-refractivity contribution in [1.29, 1.82) is 0 Å². The number of nitrogens with one attached hydrogen (secondary N) is 1. The number of aromatic amines is 1. The van der Waals surface area contributed by atoms with E-state index in [9.17, 15) is 10.1 Å². The predicted octanol–water partition coefficient (Wildman–Crippen LogP) is 5.15. The summed E-state index contributed by atoms with van der Waals surface area (Å²) >= 11 is 0. The third kappa shape index (κ3) is 3.00. The highest BCUT2D eigenvalue weighted by Gasteiger charge is 2.17. The highest BCUT2D eigenvalue weighted by molar-refractivity contribution is 5.90. The van der Waals surface area contributed by atoms with Crippen LogP contribution in [-0.4, -0.2) is 9.91 Å². The molecule has 0 aliphatic heterocycles. The normalized spacial score (nSPS) is 12.7. The number of para-hydroxylation sites is 1. The van der Waals surface area contributed by atoms with Crippen LogP contribution in [0.2, 0.25) is 0 Å². The molecular formula is C16H22N2O2. The van der Waals surface area contributed by atoms with Crippen molar-refractivity contribution in [1.82, 2.24) is 4.98 Å². The van der Waals surface area contributed by atoms with Crippen LogP contribution >= 0.6 is 0 Å². The molecule has 1 atom stereocenters. The highest BCUT2D eigenvalue weighted by atomic mass is 16.6. The Labute approximate surface area is 119 Å². The maximum atomic E-state index is 11.0. The molecule has 20 heavy (non-hydrogen) atoms. The Hall–Kier alpha value is -1.84. The Morgan fingerprint density at radius 1 is 1.30 bits per heavy atom. The first-order valence-electron chi connectivity index (χ1n) is 7.39. The van der Waals surface area contributed by atoms with Crippen molar-refractivity contribution in [2.24, 2.45) is 0 Å². The second-order valence-corrected chi connectivity index (χ2v) is 5.45. The van der Waals surface area contributed by atoms with Gasteiger partial charge in [-0.15, -0.1) is 0 Å². The van der Waals surface area contributed by atoms with Gasteiger partial charge < -0.3 is 4.98 Å². The van der Waals surface area contributed by atoms with Gasteiger partial charge in [0.1, 0.15) is 5.52 Å². The summed E-state index contributed by atoms with van der Waals surface area (Å²) in [6.45, 7) is 4.41. The number of rotatable bonds is 7. The van der Waals surface area contributed by atoms with Gasteiger partial charge in [-0.3, -0.25) is 10.1 Å². The zero-order valence-corrected chi connectivity index (χ0v) is 12.2. The minimum atomic E-state index is -0.325. The summed E-state index contributed by atoms with van der Waals surface area (Å²) in [4.78, 5) is 13.8. The number of fused-ring (bicyclic) bond motifs is 1. The van der Waals surface area contributed by atoms with Crippen LogP contribution in [0.5, 0.6) is 0 Å². The van der Waals surface area contributed by atoms with Crippen LogP contribution < -0.4 is 0 Å². The molecule has 2 rings (SSSR count). The van der Waals surface area contributed by atoms with Gasteiger partial charge in [-0.05, 0) is 17.9 Å². The SMILES string of the molecule is CCCCCCC(C)c1c[nH]c2c([N+](=O)[O-])cccc12. The van der Waals surface area contributed by atoms with E-state index in [4.69, 9.17) is 0 Å². The van der Waals surface area contributed by atoms with Crippen LogP contribution in [0.4, 0.5) is 5.69 Å². The van der Waals surface area contributed by atoms with Crippen LogP contribution in [0.15, 0.2) is 24.4 Å². The molecule has 1 aromatic carbocycles. The van der Waals surface area contributed by atoms with Gasteiger partial charge in [0.15, 0.2) is 0 Å². The van der Waals surface area contributed by atoms with Gasteiger partial charge in [0.2, 0.25) is 0 Å². The third-order valence-corrected chi connectivity index (χ3v) is 3.94. The number of nitro groups is 1. The smallest absolute Gasteiger partial charge is 0.293 e. The molecule has 108 valence electrons. The molecule has 0 bridgehead atoms. The fourth-order valence-electron chi connectivity index (χ4n) is 2.75. The molecule has 1 unspecified atom stereocenters. The standard InChI is InChI=1S/C16H22N2O2/c1-3-4-5-6-8-12(2)14-11-17-16-13(14)9-7-10-15(16)18(19)20/h7,9-12,17H,3-6,8H2,1-2H3. The number of nitro benzene ring substituents is 1. The minimum absolute atomic E-state index is 0.159. The molecule has 0 saturated carbocycles. The third-order valence-electron chi connectivity index (χ3n) is 3.94. The van der Waals surface area contributed by atoms with Crippen LogP contribution in [0.1, 0.15) is 57.4 Å². The largest absolute Gasteiger partial charge is 0.355 e. The quantitative estimate of drug-likeness (QED) is 0.431. The number of aromatic nitrogens is 1. The van der Waals surface area contributed by atoms with Gasteiger partial charge in [0.25, 0.3) is 5.69 Å². The first kappa shape index (κ1) is 14.6. The van der Waals surface area contributed by atoms with Crippen molar-refractivity contribution in [3.63, 3.8) is 0 Å². The lowest BCUT2D eigenvalue weighted by Crippen LogP contribution is -1.93. The van der Waals surface area contributed by atoms with Gasteiger partial charge in [-0.2, -0.15) is 0 Å². The molecule has 1 aromatic heterocycles. The second kappa shape index (κ2) is 6.55. The fraction of sp³-hybridized carbons (Fsp3) is 0.500. The van der Waals surface area contributed by atoms with Gasteiger partial charge in [-0.1, -0.05) is 51.7 Å². The average molecular weight is 274 g/mol. The molecule has 4 heteroatoms. The first-order chi connectivity index (χ1) is 9.65. The summed E-state index contributed by atoms with van der Waals surface area (Å²) in [7, 11) is 0. The Balaban J connectivity index is 2.18. The second-order valence-electron chi connectivity index (χ2n) is 5.45. The van der Waals surface area contributed by atoms with E-state index in [-0.39, 0.29) is 10.6 Å². The van der Waals surface area contributed by atoms with Crippen LogP contribution in [0, 0.1) is 10.1 Å². The summed E-state index contributed by atoms with van der Waals surface area (Å²) in [6.07, 6.45) is 8.08. The van der Waals surface area contributed by atoms with Crippen molar-refractivity contribution in [2.75, 3.05) is 0 Å². The van der Waals surface area contributed by atoms with Crippen molar-refractivity contribution in [3.05, 3.63) is 40.1 Å². The molecule has 0 saturated heterocycles. The summed E-state index contributed by atoms with van der Waals surface area (Å²) in [5.41, 5.74) is 2.00. The topological polar surface area (TPSA) is 58.9 Å². The summed E-state index contributed by atoms with van der Waals surface area (Å²) in [5, 5.41) is 12.0. The lowest BCUT2D eigenvalue weighted by atomic mass is 9.94. The number of hydrogen-bond acceptors (Lipinski definition) is 2. The van der Waals surface area contributed by atoms with Crippen LogP contribution in [-0.2, 0) is 0 Å². The zero-order chi connectivity index (χ0) is 14.5. The van der Waals surface area contributed by atoms with Gasteiger partial charge in [0.05, 0.1) is 4.92 Å². The zero-order valence-electron chi connectivity index (χ0n) is 12.2. The summed E-state index contributed by atoms with van der Waals surface area (Å²) in [6, 6.07) is 5.28. The summed E-state index contributed by atoms with van der Waals surface area (Å²) < 4.78 is 0. The molecule has 1 heterocycles. The van der Waals surface area contributed by atoms with Gasteiger partial charge >= 0.3 is 0 Å². The Morgan fingerprint density at radius 3 is 2.80 bits per heavy atom. The van der Waals surface area contributed by atoms with E-state index in [1.807, 2.05) is 12.3 Å². The molecule has 0 aliphatic carbocycles. The van der Waals surface area contributed by atoms with E-state index >= 15 is 0 Å². The highest BCUT2D eigenvalue weighted by Crippen LogP contribution is 2.33. The van der Waals surface area contributed by atoms with E-state index in [1.54, 1.807) is 12.1 Å². The molecular weight excluding hydrogens is 252 g/mol. The van der Waals surface area contributed by atoms with E-state index < -0.39 is 0 Å². The fourth-order valence-corrected chi connectivity index (χ4v) is 2.75. The molecule has 0 spiro atoms. The molecule has 0 radical (unpaired) electrons. The number of unbranched alkanes of at least 4 members (excludes halogenated alkanes) is 3. The minimum Gasteiger partial charge on any atom is -0.355 e. The van der Waals surface area contributed by atoms with E-state index in [2.05, 4.69) is 18.8 Å². The van der Waals surface area contributed by atoms with Gasteiger partial charge in [0, 0.05) is 17.6 Å². The maximum Gasteiger partial charge on any atom is 0.293 e. The maximum absolute atomic E-state index is 11.0.